The van der Waals surface area contributed by atoms with Gasteiger partial charge >= 0.3 is 0 Å². The SMILES string of the molecule is NCCN(CCO)C1CCC1. The molecule has 11 heavy (non-hydrogen) atoms. The van der Waals surface area contributed by atoms with Gasteiger partial charge in [0.25, 0.3) is 0 Å². The second kappa shape index (κ2) is 4.70. The minimum absolute atomic E-state index is 0.260. The molecule has 0 aromatic carbocycles. The molecule has 3 heteroatoms. The maximum absolute atomic E-state index is 8.75. The van der Waals surface area contributed by atoms with Crippen LogP contribution in [-0.4, -0.2) is 42.3 Å². The van der Waals surface area contributed by atoms with Crippen LogP contribution in [0, 0.1) is 0 Å². The number of hydrogen-bond donors (Lipinski definition) is 2. The number of hydrogen-bond acceptors (Lipinski definition) is 3. The highest BCUT2D eigenvalue weighted by molar-refractivity contribution is 4.79. The smallest absolute Gasteiger partial charge is 0.0558 e. The molecule has 0 atom stereocenters. The lowest BCUT2D eigenvalue weighted by molar-refractivity contribution is 0.105. The fourth-order valence-electron chi connectivity index (χ4n) is 1.52. The Kier molecular flexibility index (Phi) is 3.83. The molecule has 0 spiro atoms. The monoisotopic (exact) mass is 158 g/mol. The standard InChI is InChI=1S/C8H18N2O/c9-4-5-10(6-7-11)8-2-1-3-8/h8,11H,1-7,9H2. The minimum Gasteiger partial charge on any atom is -0.395 e. The molecule has 0 aromatic heterocycles. The molecular weight excluding hydrogens is 140 g/mol. The summed E-state index contributed by atoms with van der Waals surface area (Å²) in [6.07, 6.45) is 3.93. The van der Waals surface area contributed by atoms with E-state index in [0.29, 0.717) is 12.6 Å². The van der Waals surface area contributed by atoms with E-state index in [1.54, 1.807) is 0 Å². The van der Waals surface area contributed by atoms with Crippen molar-refractivity contribution in [3.63, 3.8) is 0 Å². The predicted molar refractivity (Wildman–Crippen MR) is 45.4 cm³/mol. The first-order valence-corrected chi connectivity index (χ1v) is 4.43. The normalized spacial score (nSPS) is 18.8. The molecule has 0 heterocycles. The van der Waals surface area contributed by atoms with E-state index in [2.05, 4.69) is 4.90 Å². The number of rotatable bonds is 5. The Bertz CT molecular complexity index is 98.3. The molecule has 0 amide bonds. The van der Waals surface area contributed by atoms with E-state index in [4.69, 9.17) is 10.8 Å². The second-order valence-corrected chi connectivity index (χ2v) is 3.13. The summed E-state index contributed by atoms with van der Waals surface area (Å²) in [5, 5.41) is 8.75. The van der Waals surface area contributed by atoms with Gasteiger partial charge in [0.05, 0.1) is 6.61 Å². The maximum Gasteiger partial charge on any atom is 0.0558 e. The third kappa shape index (κ3) is 2.43. The van der Waals surface area contributed by atoms with Gasteiger partial charge in [-0.2, -0.15) is 0 Å². The molecule has 1 rings (SSSR count). The van der Waals surface area contributed by atoms with Crippen LogP contribution in [0.4, 0.5) is 0 Å². The molecule has 1 aliphatic carbocycles. The first-order chi connectivity index (χ1) is 5.38. The van der Waals surface area contributed by atoms with Gasteiger partial charge in [0, 0.05) is 25.7 Å². The zero-order valence-electron chi connectivity index (χ0n) is 7.00. The molecule has 1 fully saturated rings. The van der Waals surface area contributed by atoms with E-state index in [9.17, 15) is 0 Å². The molecule has 0 aliphatic heterocycles. The van der Waals surface area contributed by atoms with Crippen molar-refractivity contribution < 1.29 is 5.11 Å². The van der Waals surface area contributed by atoms with Crippen molar-refractivity contribution in [3.8, 4) is 0 Å². The van der Waals surface area contributed by atoms with Crippen LogP contribution < -0.4 is 5.73 Å². The van der Waals surface area contributed by atoms with Gasteiger partial charge in [0.1, 0.15) is 0 Å². The van der Waals surface area contributed by atoms with Gasteiger partial charge in [-0.15, -0.1) is 0 Å². The van der Waals surface area contributed by atoms with E-state index < -0.39 is 0 Å². The van der Waals surface area contributed by atoms with Crippen molar-refractivity contribution in [2.24, 2.45) is 5.73 Å². The van der Waals surface area contributed by atoms with E-state index in [1.165, 1.54) is 19.3 Å². The Balaban J connectivity index is 2.19. The molecule has 0 aromatic rings. The van der Waals surface area contributed by atoms with Crippen molar-refractivity contribution in [2.75, 3.05) is 26.2 Å². The lowest BCUT2D eigenvalue weighted by atomic mass is 9.91. The summed E-state index contributed by atoms with van der Waals surface area (Å²) in [6, 6.07) is 0.714. The molecule has 3 N–H and O–H groups in total. The summed E-state index contributed by atoms with van der Waals surface area (Å²) in [5.74, 6) is 0. The number of aliphatic hydroxyl groups is 1. The third-order valence-electron chi connectivity index (χ3n) is 2.39. The highest BCUT2D eigenvalue weighted by Gasteiger charge is 2.23. The van der Waals surface area contributed by atoms with Crippen LogP contribution in [0.15, 0.2) is 0 Å². The molecule has 1 aliphatic rings. The Labute approximate surface area is 68.2 Å². The third-order valence-corrected chi connectivity index (χ3v) is 2.39. The Morgan fingerprint density at radius 3 is 2.45 bits per heavy atom. The van der Waals surface area contributed by atoms with Crippen molar-refractivity contribution >= 4 is 0 Å². The molecule has 66 valence electrons. The summed E-state index contributed by atoms with van der Waals surface area (Å²) in [6.45, 7) is 2.69. The first-order valence-electron chi connectivity index (χ1n) is 4.43. The average molecular weight is 158 g/mol. The van der Waals surface area contributed by atoms with E-state index in [-0.39, 0.29) is 6.61 Å². The van der Waals surface area contributed by atoms with Crippen LogP contribution >= 0.6 is 0 Å². The van der Waals surface area contributed by atoms with Gasteiger partial charge in [-0.3, -0.25) is 4.90 Å². The molecule has 0 bridgehead atoms. The number of aliphatic hydroxyl groups excluding tert-OH is 1. The predicted octanol–water partition coefficient (Wildman–Crippen LogP) is -0.208. The number of nitrogens with zero attached hydrogens (tertiary/aromatic N) is 1. The number of nitrogens with two attached hydrogens (primary N) is 1. The van der Waals surface area contributed by atoms with Crippen molar-refractivity contribution in [2.45, 2.75) is 25.3 Å². The van der Waals surface area contributed by atoms with Gasteiger partial charge in [0.15, 0.2) is 0 Å². The van der Waals surface area contributed by atoms with Crippen LogP contribution in [0.25, 0.3) is 0 Å². The molecule has 0 saturated heterocycles. The zero-order valence-corrected chi connectivity index (χ0v) is 7.00. The van der Waals surface area contributed by atoms with Crippen LogP contribution in [0.5, 0.6) is 0 Å². The molecule has 0 radical (unpaired) electrons. The van der Waals surface area contributed by atoms with Gasteiger partial charge in [-0.25, -0.2) is 0 Å². The van der Waals surface area contributed by atoms with Crippen molar-refractivity contribution in [1.29, 1.82) is 0 Å². The minimum atomic E-state index is 0.260. The maximum atomic E-state index is 8.75. The Morgan fingerprint density at radius 1 is 1.36 bits per heavy atom. The summed E-state index contributed by atoms with van der Waals surface area (Å²) in [5.41, 5.74) is 5.45. The first kappa shape index (κ1) is 8.97. The summed E-state index contributed by atoms with van der Waals surface area (Å²) in [4.78, 5) is 2.30. The lowest BCUT2D eigenvalue weighted by Gasteiger charge is -2.36. The van der Waals surface area contributed by atoms with E-state index in [1.807, 2.05) is 0 Å². The average Bonchev–Trinajstić information content (AvgIpc) is 1.85. The van der Waals surface area contributed by atoms with E-state index >= 15 is 0 Å². The molecule has 3 nitrogen and oxygen atoms in total. The second-order valence-electron chi connectivity index (χ2n) is 3.13. The molecular formula is C8H18N2O. The summed E-state index contributed by atoms with van der Waals surface area (Å²) in [7, 11) is 0. The van der Waals surface area contributed by atoms with Gasteiger partial charge in [-0.1, -0.05) is 6.42 Å². The van der Waals surface area contributed by atoms with Crippen LogP contribution in [0.2, 0.25) is 0 Å². The molecule has 0 unspecified atom stereocenters. The van der Waals surface area contributed by atoms with Gasteiger partial charge < -0.3 is 10.8 Å². The Hall–Kier alpha value is -0.120. The van der Waals surface area contributed by atoms with Crippen molar-refractivity contribution in [3.05, 3.63) is 0 Å². The van der Waals surface area contributed by atoms with Gasteiger partial charge in [-0.05, 0) is 12.8 Å². The highest BCUT2D eigenvalue weighted by atomic mass is 16.3. The van der Waals surface area contributed by atoms with Crippen molar-refractivity contribution in [1.82, 2.24) is 4.90 Å². The summed E-state index contributed by atoms with van der Waals surface area (Å²) >= 11 is 0. The summed E-state index contributed by atoms with van der Waals surface area (Å²) < 4.78 is 0. The fraction of sp³-hybridized carbons (Fsp3) is 1.00. The van der Waals surface area contributed by atoms with Crippen LogP contribution in [-0.2, 0) is 0 Å². The van der Waals surface area contributed by atoms with E-state index in [0.717, 1.165) is 13.1 Å². The van der Waals surface area contributed by atoms with Crippen LogP contribution in [0.1, 0.15) is 19.3 Å². The quantitative estimate of drug-likeness (QED) is 0.582. The zero-order chi connectivity index (χ0) is 8.10. The van der Waals surface area contributed by atoms with Crippen LogP contribution in [0.3, 0.4) is 0 Å². The lowest BCUT2D eigenvalue weighted by Crippen LogP contribution is -2.44. The molecule has 1 saturated carbocycles. The largest absolute Gasteiger partial charge is 0.395 e. The topological polar surface area (TPSA) is 49.5 Å². The Morgan fingerprint density at radius 2 is 2.09 bits per heavy atom. The van der Waals surface area contributed by atoms with Gasteiger partial charge in [0.2, 0.25) is 0 Å². The highest BCUT2D eigenvalue weighted by Crippen LogP contribution is 2.23. The fourth-order valence-corrected chi connectivity index (χ4v) is 1.52.